The minimum Gasteiger partial charge on any atom is -0.444 e. The summed E-state index contributed by atoms with van der Waals surface area (Å²) < 4.78 is 5.57. The van der Waals surface area contributed by atoms with Crippen LogP contribution in [0.25, 0.3) is 11.0 Å². The third kappa shape index (κ3) is 3.79. The van der Waals surface area contributed by atoms with Gasteiger partial charge in [0.05, 0.1) is 0 Å². The van der Waals surface area contributed by atoms with E-state index in [4.69, 9.17) is 16.0 Å². The number of furan rings is 1. The van der Waals surface area contributed by atoms with Crippen molar-refractivity contribution in [1.29, 1.82) is 0 Å². The van der Waals surface area contributed by atoms with Crippen LogP contribution in [0.15, 0.2) is 28.7 Å². The number of fused-ring (bicyclic) bond motifs is 1. The Kier molecular flexibility index (Phi) is 5.17. The minimum atomic E-state index is 0.514. The predicted octanol–water partition coefficient (Wildman–Crippen LogP) is 4.05. The molecular weight excluding hydrogens is 284 g/mol. The molecule has 1 aliphatic heterocycles. The van der Waals surface area contributed by atoms with E-state index in [-0.39, 0.29) is 0 Å². The highest BCUT2D eigenvalue weighted by atomic mass is 35.5. The maximum Gasteiger partial charge on any atom is 0.199 e. The van der Waals surface area contributed by atoms with Crippen LogP contribution in [0.1, 0.15) is 31.2 Å². The highest BCUT2D eigenvalue weighted by Crippen LogP contribution is 2.29. The number of hydrogen-bond donors (Lipinski definition) is 1. The molecule has 0 spiro atoms. The first-order valence-corrected chi connectivity index (χ1v) is 8.31. The lowest BCUT2D eigenvalue weighted by molar-refractivity contribution is 0.225. The summed E-state index contributed by atoms with van der Waals surface area (Å²) in [4.78, 5) is 2.57. The molecule has 114 valence electrons. The van der Waals surface area contributed by atoms with E-state index in [1.165, 1.54) is 45.3 Å². The van der Waals surface area contributed by atoms with Crippen LogP contribution in [0.2, 0.25) is 5.22 Å². The second-order valence-corrected chi connectivity index (χ2v) is 6.13. The number of para-hydroxylation sites is 1. The number of nitrogens with one attached hydrogen (secondary N) is 1. The number of halogens is 1. The Labute approximate surface area is 131 Å². The van der Waals surface area contributed by atoms with Crippen molar-refractivity contribution >= 4 is 22.6 Å². The molecule has 3 rings (SSSR count). The summed E-state index contributed by atoms with van der Waals surface area (Å²) in [6.45, 7) is 5.55. The van der Waals surface area contributed by atoms with Gasteiger partial charge in [-0.1, -0.05) is 24.6 Å². The second-order valence-electron chi connectivity index (χ2n) is 5.78. The number of piperidine rings is 1. The van der Waals surface area contributed by atoms with Gasteiger partial charge < -0.3 is 14.6 Å². The lowest BCUT2D eigenvalue weighted by Crippen LogP contribution is -2.32. The van der Waals surface area contributed by atoms with Crippen LogP contribution in [-0.2, 0) is 6.54 Å². The number of hydrogen-bond acceptors (Lipinski definition) is 3. The molecule has 1 aromatic carbocycles. The molecule has 0 amide bonds. The van der Waals surface area contributed by atoms with Gasteiger partial charge in [0.25, 0.3) is 0 Å². The normalized spacial score (nSPS) is 16.6. The molecule has 0 saturated carbocycles. The van der Waals surface area contributed by atoms with Gasteiger partial charge in [0.2, 0.25) is 0 Å². The monoisotopic (exact) mass is 306 g/mol. The van der Waals surface area contributed by atoms with Crippen LogP contribution < -0.4 is 5.32 Å². The standard InChI is InChI=1S/C17H23ClN2O/c18-17-15(14-7-2-3-8-16(14)21-17)13-19-9-6-12-20-10-4-1-5-11-20/h2-3,7-8,19H,1,4-6,9-13H2. The number of benzene rings is 1. The Morgan fingerprint density at radius 1 is 1.14 bits per heavy atom. The molecule has 1 N–H and O–H groups in total. The summed E-state index contributed by atoms with van der Waals surface area (Å²) in [5.74, 6) is 0. The fraction of sp³-hybridized carbons (Fsp3) is 0.529. The number of nitrogens with zero attached hydrogens (tertiary/aromatic N) is 1. The predicted molar refractivity (Wildman–Crippen MR) is 87.8 cm³/mol. The Hall–Kier alpha value is -1.03. The summed E-state index contributed by atoms with van der Waals surface area (Å²) in [5, 5.41) is 5.12. The van der Waals surface area contributed by atoms with Gasteiger partial charge in [-0.05, 0) is 63.1 Å². The number of rotatable bonds is 6. The van der Waals surface area contributed by atoms with Crippen LogP contribution in [0.3, 0.4) is 0 Å². The third-order valence-electron chi connectivity index (χ3n) is 4.23. The highest BCUT2D eigenvalue weighted by Gasteiger charge is 2.12. The van der Waals surface area contributed by atoms with Gasteiger partial charge in [0.15, 0.2) is 5.22 Å². The van der Waals surface area contributed by atoms with Gasteiger partial charge in [-0.15, -0.1) is 0 Å². The molecule has 1 aliphatic rings. The van der Waals surface area contributed by atoms with Gasteiger partial charge in [-0.2, -0.15) is 0 Å². The quantitative estimate of drug-likeness (QED) is 0.816. The van der Waals surface area contributed by atoms with Gasteiger partial charge in [-0.25, -0.2) is 0 Å². The van der Waals surface area contributed by atoms with Gasteiger partial charge in [0, 0.05) is 17.5 Å². The Morgan fingerprint density at radius 2 is 1.95 bits per heavy atom. The van der Waals surface area contributed by atoms with E-state index >= 15 is 0 Å². The zero-order valence-electron chi connectivity index (χ0n) is 12.4. The van der Waals surface area contributed by atoms with E-state index in [1.807, 2.05) is 18.2 Å². The van der Waals surface area contributed by atoms with Crippen molar-refractivity contribution in [2.45, 2.75) is 32.2 Å². The minimum absolute atomic E-state index is 0.514. The Morgan fingerprint density at radius 3 is 2.81 bits per heavy atom. The summed E-state index contributed by atoms with van der Waals surface area (Å²) in [6.07, 6.45) is 5.32. The van der Waals surface area contributed by atoms with Crippen molar-refractivity contribution < 1.29 is 4.42 Å². The van der Waals surface area contributed by atoms with Gasteiger partial charge >= 0.3 is 0 Å². The van der Waals surface area contributed by atoms with E-state index < -0.39 is 0 Å². The zero-order chi connectivity index (χ0) is 14.5. The summed E-state index contributed by atoms with van der Waals surface area (Å²) in [5.41, 5.74) is 1.94. The average molecular weight is 307 g/mol. The molecule has 0 unspecified atom stereocenters. The van der Waals surface area contributed by atoms with E-state index in [1.54, 1.807) is 0 Å². The molecule has 0 atom stereocenters. The molecule has 21 heavy (non-hydrogen) atoms. The van der Waals surface area contributed by atoms with Crippen LogP contribution in [0.4, 0.5) is 0 Å². The van der Waals surface area contributed by atoms with Crippen molar-refractivity contribution in [3.8, 4) is 0 Å². The van der Waals surface area contributed by atoms with Crippen molar-refractivity contribution in [3.05, 3.63) is 35.0 Å². The van der Waals surface area contributed by atoms with Crippen molar-refractivity contribution in [3.63, 3.8) is 0 Å². The first-order chi connectivity index (χ1) is 10.3. The van der Waals surface area contributed by atoms with Gasteiger partial charge in [-0.3, -0.25) is 0 Å². The topological polar surface area (TPSA) is 28.4 Å². The summed E-state index contributed by atoms with van der Waals surface area (Å²) >= 11 is 6.19. The molecule has 4 heteroatoms. The molecule has 0 bridgehead atoms. The Bertz CT molecular complexity index is 575. The van der Waals surface area contributed by atoms with Crippen molar-refractivity contribution in [2.24, 2.45) is 0 Å². The first-order valence-electron chi connectivity index (χ1n) is 7.93. The van der Waals surface area contributed by atoms with E-state index in [0.29, 0.717) is 5.22 Å². The molecule has 0 radical (unpaired) electrons. The van der Waals surface area contributed by atoms with E-state index in [2.05, 4.69) is 16.3 Å². The molecule has 2 heterocycles. The molecule has 2 aromatic rings. The lowest BCUT2D eigenvalue weighted by Gasteiger charge is -2.26. The fourth-order valence-electron chi connectivity index (χ4n) is 3.06. The molecule has 1 aromatic heterocycles. The van der Waals surface area contributed by atoms with Crippen molar-refractivity contribution in [2.75, 3.05) is 26.2 Å². The maximum absolute atomic E-state index is 6.19. The molecule has 0 aliphatic carbocycles. The first kappa shape index (κ1) is 14.9. The Balaban J connectivity index is 1.45. The zero-order valence-corrected chi connectivity index (χ0v) is 13.2. The third-order valence-corrected chi connectivity index (χ3v) is 4.53. The summed E-state index contributed by atoms with van der Waals surface area (Å²) in [6, 6.07) is 8.02. The fourth-order valence-corrected chi connectivity index (χ4v) is 3.31. The average Bonchev–Trinajstić information content (AvgIpc) is 2.84. The van der Waals surface area contributed by atoms with Crippen LogP contribution >= 0.6 is 11.6 Å². The lowest BCUT2D eigenvalue weighted by atomic mass is 10.1. The molecule has 3 nitrogen and oxygen atoms in total. The van der Waals surface area contributed by atoms with Crippen molar-refractivity contribution in [1.82, 2.24) is 10.2 Å². The largest absolute Gasteiger partial charge is 0.444 e. The van der Waals surface area contributed by atoms with E-state index in [9.17, 15) is 0 Å². The SMILES string of the molecule is Clc1oc2ccccc2c1CNCCCN1CCCCC1. The molecule has 1 fully saturated rings. The summed E-state index contributed by atoms with van der Waals surface area (Å²) in [7, 11) is 0. The maximum atomic E-state index is 6.19. The number of likely N-dealkylation sites (tertiary alicyclic amines) is 1. The smallest absolute Gasteiger partial charge is 0.199 e. The second kappa shape index (κ2) is 7.30. The molecule has 1 saturated heterocycles. The van der Waals surface area contributed by atoms with Crippen LogP contribution in [0.5, 0.6) is 0 Å². The van der Waals surface area contributed by atoms with Crippen LogP contribution in [-0.4, -0.2) is 31.1 Å². The molecular formula is C17H23ClN2O. The highest BCUT2D eigenvalue weighted by molar-refractivity contribution is 6.30. The van der Waals surface area contributed by atoms with Crippen LogP contribution in [0, 0.1) is 0 Å². The van der Waals surface area contributed by atoms with Gasteiger partial charge in [0.1, 0.15) is 5.58 Å². The van der Waals surface area contributed by atoms with E-state index in [0.717, 1.165) is 29.6 Å².